The Kier molecular flexibility index (Phi) is 4.79. The Morgan fingerprint density at radius 3 is 2.46 bits per heavy atom. The normalized spacial score (nSPS) is 16.8. The van der Waals surface area contributed by atoms with E-state index in [2.05, 4.69) is 5.32 Å². The van der Waals surface area contributed by atoms with E-state index in [0.717, 1.165) is 37.2 Å². The molecule has 2 aromatic carbocycles. The van der Waals surface area contributed by atoms with Crippen molar-refractivity contribution < 1.29 is 14.7 Å². The first-order valence-corrected chi connectivity index (χ1v) is 8.05. The van der Waals surface area contributed by atoms with Gasteiger partial charge in [-0.25, -0.2) is 9.59 Å². The number of para-hydroxylation sites is 1. The standard InChI is InChI=1S/C19H20N2O3/c22-18(23)16-8-6-14(7-9-16)12-15-10-11-21(13-15)19(24)20-17-4-2-1-3-5-17/h1-9,15H,10-13H2,(H,20,24)(H,22,23). The lowest BCUT2D eigenvalue weighted by Crippen LogP contribution is -2.33. The van der Waals surface area contributed by atoms with Gasteiger partial charge in [0.05, 0.1) is 5.56 Å². The predicted molar refractivity (Wildman–Crippen MR) is 92.2 cm³/mol. The molecule has 1 fully saturated rings. The number of likely N-dealkylation sites (tertiary alicyclic amines) is 1. The van der Waals surface area contributed by atoms with Crippen LogP contribution in [-0.2, 0) is 6.42 Å². The molecule has 5 nitrogen and oxygen atoms in total. The Morgan fingerprint density at radius 2 is 1.79 bits per heavy atom. The van der Waals surface area contributed by atoms with Crippen molar-refractivity contribution in [3.63, 3.8) is 0 Å². The van der Waals surface area contributed by atoms with Crippen LogP contribution in [0.5, 0.6) is 0 Å². The number of urea groups is 1. The second-order valence-electron chi connectivity index (χ2n) is 6.10. The summed E-state index contributed by atoms with van der Waals surface area (Å²) in [5.74, 6) is -0.506. The third-order valence-corrected chi connectivity index (χ3v) is 4.32. The molecule has 2 amide bonds. The van der Waals surface area contributed by atoms with E-state index in [1.54, 1.807) is 12.1 Å². The highest BCUT2D eigenvalue weighted by molar-refractivity contribution is 5.89. The van der Waals surface area contributed by atoms with Crippen LogP contribution < -0.4 is 5.32 Å². The van der Waals surface area contributed by atoms with E-state index >= 15 is 0 Å². The van der Waals surface area contributed by atoms with Crippen molar-refractivity contribution >= 4 is 17.7 Å². The molecule has 2 aromatic rings. The van der Waals surface area contributed by atoms with Crippen LogP contribution in [0.2, 0.25) is 0 Å². The number of hydrogen-bond donors (Lipinski definition) is 2. The summed E-state index contributed by atoms with van der Waals surface area (Å²) in [7, 11) is 0. The van der Waals surface area contributed by atoms with Gasteiger partial charge in [-0.1, -0.05) is 30.3 Å². The zero-order chi connectivity index (χ0) is 16.9. The molecule has 1 saturated heterocycles. The summed E-state index contributed by atoms with van der Waals surface area (Å²) in [5, 5.41) is 11.8. The lowest BCUT2D eigenvalue weighted by molar-refractivity contribution is 0.0697. The monoisotopic (exact) mass is 324 g/mol. The Bertz CT molecular complexity index is 713. The highest BCUT2D eigenvalue weighted by atomic mass is 16.4. The molecule has 124 valence electrons. The van der Waals surface area contributed by atoms with E-state index in [1.807, 2.05) is 47.4 Å². The number of benzene rings is 2. The first kappa shape index (κ1) is 16.1. The molecule has 2 N–H and O–H groups in total. The molecule has 0 radical (unpaired) electrons. The van der Waals surface area contributed by atoms with Gasteiger partial charge >= 0.3 is 12.0 Å². The lowest BCUT2D eigenvalue weighted by Gasteiger charge is -2.17. The van der Waals surface area contributed by atoms with E-state index in [4.69, 9.17) is 5.11 Å². The molecule has 0 aliphatic carbocycles. The molecular weight excluding hydrogens is 304 g/mol. The minimum Gasteiger partial charge on any atom is -0.478 e. The van der Waals surface area contributed by atoms with Crippen LogP contribution in [0.15, 0.2) is 54.6 Å². The van der Waals surface area contributed by atoms with Gasteiger partial charge in [0.1, 0.15) is 0 Å². The highest BCUT2D eigenvalue weighted by Crippen LogP contribution is 2.22. The summed E-state index contributed by atoms with van der Waals surface area (Å²) in [4.78, 5) is 25.0. The van der Waals surface area contributed by atoms with Crippen molar-refractivity contribution in [3.05, 3.63) is 65.7 Å². The zero-order valence-corrected chi connectivity index (χ0v) is 13.3. The number of aromatic carboxylic acids is 1. The van der Waals surface area contributed by atoms with Crippen LogP contribution in [0, 0.1) is 5.92 Å². The summed E-state index contributed by atoms with van der Waals surface area (Å²) < 4.78 is 0. The quantitative estimate of drug-likeness (QED) is 0.904. The van der Waals surface area contributed by atoms with E-state index in [9.17, 15) is 9.59 Å². The lowest BCUT2D eigenvalue weighted by atomic mass is 9.98. The number of carboxylic acids is 1. The summed E-state index contributed by atoms with van der Waals surface area (Å²) in [6.07, 6.45) is 1.82. The molecule has 0 aromatic heterocycles. The van der Waals surface area contributed by atoms with Crippen molar-refractivity contribution in [1.82, 2.24) is 4.90 Å². The van der Waals surface area contributed by atoms with E-state index in [0.29, 0.717) is 11.5 Å². The minimum atomic E-state index is -0.911. The van der Waals surface area contributed by atoms with E-state index in [1.165, 1.54) is 0 Å². The average Bonchev–Trinajstić information content (AvgIpc) is 3.05. The molecule has 1 aliphatic heterocycles. The molecule has 24 heavy (non-hydrogen) atoms. The maximum absolute atomic E-state index is 12.3. The number of anilines is 1. The molecule has 1 heterocycles. The smallest absolute Gasteiger partial charge is 0.335 e. The SMILES string of the molecule is O=C(O)c1ccc(CC2CCN(C(=O)Nc3ccccc3)C2)cc1. The third kappa shape index (κ3) is 3.93. The molecule has 5 heteroatoms. The zero-order valence-electron chi connectivity index (χ0n) is 13.3. The van der Waals surface area contributed by atoms with Gasteiger partial charge in [-0.2, -0.15) is 0 Å². The van der Waals surface area contributed by atoms with Crippen molar-refractivity contribution in [2.24, 2.45) is 5.92 Å². The van der Waals surface area contributed by atoms with Crippen LogP contribution in [0.3, 0.4) is 0 Å². The number of carbonyl (C=O) groups is 2. The molecule has 1 aliphatic rings. The topological polar surface area (TPSA) is 69.6 Å². The molecule has 0 bridgehead atoms. The number of hydrogen-bond acceptors (Lipinski definition) is 2. The fraction of sp³-hybridized carbons (Fsp3) is 0.263. The van der Waals surface area contributed by atoms with Crippen molar-refractivity contribution in [2.45, 2.75) is 12.8 Å². The van der Waals surface area contributed by atoms with Gasteiger partial charge in [0.25, 0.3) is 0 Å². The maximum Gasteiger partial charge on any atom is 0.335 e. The Labute approximate surface area is 140 Å². The maximum atomic E-state index is 12.3. The van der Waals surface area contributed by atoms with Crippen molar-refractivity contribution in [2.75, 3.05) is 18.4 Å². The number of carbonyl (C=O) groups excluding carboxylic acids is 1. The van der Waals surface area contributed by atoms with Crippen LogP contribution >= 0.6 is 0 Å². The molecular formula is C19H20N2O3. The van der Waals surface area contributed by atoms with Gasteiger partial charge in [0, 0.05) is 18.8 Å². The highest BCUT2D eigenvalue weighted by Gasteiger charge is 2.26. The third-order valence-electron chi connectivity index (χ3n) is 4.32. The molecule has 0 saturated carbocycles. The van der Waals surface area contributed by atoms with Gasteiger partial charge in [-0.15, -0.1) is 0 Å². The Morgan fingerprint density at radius 1 is 1.08 bits per heavy atom. The fourth-order valence-corrected chi connectivity index (χ4v) is 3.02. The minimum absolute atomic E-state index is 0.0649. The molecule has 0 spiro atoms. The largest absolute Gasteiger partial charge is 0.478 e. The van der Waals surface area contributed by atoms with E-state index < -0.39 is 5.97 Å². The van der Waals surface area contributed by atoms with Gasteiger partial charge in [0.2, 0.25) is 0 Å². The summed E-state index contributed by atoms with van der Waals surface area (Å²) >= 11 is 0. The van der Waals surface area contributed by atoms with Crippen LogP contribution in [0.4, 0.5) is 10.5 Å². The van der Waals surface area contributed by atoms with Crippen molar-refractivity contribution in [1.29, 1.82) is 0 Å². The second-order valence-corrected chi connectivity index (χ2v) is 6.10. The van der Waals surface area contributed by atoms with Gasteiger partial charge in [-0.3, -0.25) is 0 Å². The fourth-order valence-electron chi connectivity index (χ4n) is 3.02. The number of amides is 2. The van der Waals surface area contributed by atoms with Crippen LogP contribution in [0.1, 0.15) is 22.3 Å². The summed E-state index contributed by atoms with van der Waals surface area (Å²) in [6, 6.07) is 16.4. The van der Waals surface area contributed by atoms with Gasteiger partial charge < -0.3 is 15.3 Å². The molecule has 3 rings (SSSR count). The Hall–Kier alpha value is -2.82. The van der Waals surface area contributed by atoms with E-state index in [-0.39, 0.29) is 6.03 Å². The number of nitrogens with one attached hydrogen (secondary N) is 1. The first-order valence-electron chi connectivity index (χ1n) is 8.05. The Balaban J connectivity index is 1.53. The first-order chi connectivity index (χ1) is 11.6. The second kappa shape index (κ2) is 7.17. The van der Waals surface area contributed by atoms with Crippen LogP contribution in [0.25, 0.3) is 0 Å². The average molecular weight is 324 g/mol. The van der Waals surface area contributed by atoms with Gasteiger partial charge in [-0.05, 0) is 48.6 Å². The summed E-state index contributed by atoms with van der Waals surface area (Å²) in [6.45, 7) is 1.47. The number of nitrogens with zero attached hydrogens (tertiary/aromatic N) is 1. The number of carboxylic acid groups (broad SMARTS) is 1. The molecule has 1 atom stereocenters. The number of rotatable bonds is 4. The predicted octanol–water partition coefficient (Wildman–Crippen LogP) is 3.48. The van der Waals surface area contributed by atoms with Gasteiger partial charge in [0.15, 0.2) is 0 Å². The molecule has 1 unspecified atom stereocenters. The summed E-state index contributed by atoms with van der Waals surface area (Å²) in [5.41, 5.74) is 2.21. The van der Waals surface area contributed by atoms with Crippen LogP contribution in [-0.4, -0.2) is 35.1 Å². The van der Waals surface area contributed by atoms with Crippen molar-refractivity contribution in [3.8, 4) is 0 Å².